The van der Waals surface area contributed by atoms with Gasteiger partial charge in [-0.2, -0.15) is 0 Å². The van der Waals surface area contributed by atoms with Crippen LogP contribution < -0.4 is 4.90 Å². The van der Waals surface area contributed by atoms with E-state index in [1.54, 1.807) is 0 Å². The minimum atomic E-state index is 0.889. The molecule has 1 heterocycles. The third kappa shape index (κ3) is 5.71. The number of fused-ring (bicyclic) bond motifs is 4. The standard InChI is InChI=1S/C52H35NO/c1-3-14-36(15-4-1)39-20-13-21-40(32-39)37-26-29-44(30-27-37)53(49-24-11-9-22-45(49)38-16-5-2-6-17-38)50-25-12-10-23-46(50)43-28-31-51-47(34-43)48-33-41-18-7-8-19-42(41)35-52(48)54-51/h1-35H. The van der Waals surface area contributed by atoms with E-state index in [4.69, 9.17) is 4.42 Å². The van der Waals surface area contributed by atoms with Gasteiger partial charge in [0.1, 0.15) is 11.2 Å². The second-order valence-electron chi connectivity index (χ2n) is 13.7. The lowest BCUT2D eigenvalue weighted by atomic mass is 9.97. The molecule has 0 radical (unpaired) electrons. The smallest absolute Gasteiger partial charge is 0.136 e. The molecule has 0 N–H and O–H groups in total. The highest BCUT2D eigenvalue weighted by atomic mass is 16.3. The molecule has 0 amide bonds. The van der Waals surface area contributed by atoms with Gasteiger partial charge in [0.05, 0.1) is 11.4 Å². The molecule has 2 heteroatoms. The zero-order valence-corrected chi connectivity index (χ0v) is 29.6. The largest absolute Gasteiger partial charge is 0.456 e. The average Bonchev–Trinajstić information content (AvgIpc) is 3.61. The first-order valence-electron chi connectivity index (χ1n) is 18.4. The van der Waals surface area contributed by atoms with Gasteiger partial charge >= 0.3 is 0 Å². The van der Waals surface area contributed by atoms with E-state index in [-0.39, 0.29) is 0 Å². The van der Waals surface area contributed by atoms with Crippen molar-refractivity contribution in [3.63, 3.8) is 0 Å². The first-order valence-corrected chi connectivity index (χ1v) is 18.4. The Balaban J connectivity index is 1.13. The SMILES string of the molecule is c1ccc(-c2cccc(-c3ccc(N(c4ccccc4-c4ccccc4)c4ccccc4-c4ccc5oc6cc7ccccc7cc6c5c4)cc3)c2)cc1. The minimum absolute atomic E-state index is 0.889. The molecule has 54 heavy (non-hydrogen) atoms. The number of furan rings is 1. The number of hydrogen-bond acceptors (Lipinski definition) is 2. The topological polar surface area (TPSA) is 16.4 Å². The van der Waals surface area contributed by atoms with Crippen molar-refractivity contribution in [2.24, 2.45) is 0 Å². The lowest BCUT2D eigenvalue weighted by Gasteiger charge is -2.30. The summed E-state index contributed by atoms with van der Waals surface area (Å²) in [4.78, 5) is 2.41. The molecule has 0 saturated heterocycles. The van der Waals surface area contributed by atoms with Gasteiger partial charge in [0.2, 0.25) is 0 Å². The summed E-state index contributed by atoms with van der Waals surface area (Å²) in [5.41, 5.74) is 14.5. The maximum Gasteiger partial charge on any atom is 0.136 e. The molecule has 0 aliphatic rings. The molecule has 9 aromatic carbocycles. The normalized spacial score (nSPS) is 11.3. The molecular weight excluding hydrogens is 655 g/mol. The van der Waals surface area contributed by atoms with Gasteiger partial charge < -0.3 is 9.32 Å². The van der Waals surface area contributed by atoms with Crippen LogP contribution in [0, 0.1) is 0 Å². The number of rotatable bonds is 7. The van der Waals surface area contributed by atoms with Crippen LogP contribution in [-0.4, -0.2) is 0 Å². The number of anilines is 3. The molecule has 0 saturated carbocycles. The molecule has 0 atom stereocenters. The number of hydrogen-bond donors (Lipinski definition) is 0. The first-order chi connectivity index (χ1) is 26.8. The Morgan fingerprint density at radius 2 is 0.796 bits per heavy atom. The number of nitrogens with zero attached hydrogens (tertiary/aromatic N) is 1. The molecular formula is C52H35NO. The van der Waals surface area contributed by atoms with Crippen LogP contribution in [0.2, 0.25) is 0 Å². The Kier molecular flexibility index (Phi) is 7.85. The van der Waals surface area contributed by atoms with Gasteiger partial charge in [-0.3, -0.25) is 0 Å². The van der Waals surface area contributed by atoms with Gasteiger partial charge in [0.15, 0.2) is 0 Å². The quantitative estimate of drug-likeness (QED) is 0.166. The highest BCUT2D eigenvalue weighted by molar-refractivity contribution is 6.11. The zero-order valence-electron chi connectivity index (χ0n) is 29.6. The Labute approximate surface area is 314 Å². The summed E-state index contributed by atoms with van der Waals surface area (Å²) >= 11 is 0. The molecule has 0 aliphatic carbocycles. The van der Waals surface area contributed by atoms with Gasteiger partial charge in [-0.15, -0.1) is 0 Å². The summed E-state index contributed by atoms with van der Waals surface area (Å²) in [6, 6.07) is 75.9. The van der Waals surface area contributed by atoms with Crippen molar-refractivity contribution < 1.29 is 4.42 Å². The zero-order chi connectivity index (χ0) is 35.8. The van der Waals surface area contributed by atoms with Crippen molar-refractivity contribution in [3.05, 3.63) is 212 Å². The van der Waals surface area contributed by atoms with E-state index >= 15 is 0 Å². The number of para-hydroxylation sites is 2. The predicted molar refractivity (Wildman–Crippen MR) is 228 cm³/mol. The molecule has 10 rings (SSSR count). The molecule has 0 unspecified atom stereocenters. The average molecular weight is 690 g/mol. The fraction of sp³-hybridized carbons (Fsp3) is 0. The van der Waals surface area contributed by atoms with Gasteiger partial charge in [-0.25, -0.2) is 0 Å². The van der Waals surface area contributed by atoms with Gasteiger partial charge in [0, 0.05) is 27.6 Å². The summed E-state index contributed by atoms with van der Waals surface area (Å²) in [6.07, 6.45) is 0. The highest BCUT2D eigenvalue weighted by Gasteiger charge is 2.21. The second-order valence-corrected chi connectivity index (χ2v) is 13.7. The van der Waals surface area contributed by atoms with E-state index < -0.39 is 0 Å². The first kappa shape index (κ1) is 31.6. The maximum atomic E-state index is 6.40. The maximum absolute atomic E-state index is 6.40. The van der Waals surface area contributed by atoms with Crippen molar-refractivity contribution in [1.82, 2.24) is 0 Å². The molecule has 0 aliphatic heterocycles. The molecule has 2 nitrogen and oxygen atoms in total. The third-order valence-electron chi connectivity index (χ3n) is 10.5. The monoisotopic (exact) mass is 689 g/mol. The predicted octanol–water partition coefficient (Wildman–Crippen LogP) is 14.9. The van der Waals surface area contributed by atoms with E-state index in [1.807, 2.05) is 0 Å². The molecule has 0 fully saturated rings. The fourth-order valence-electron chi connectivity index (χ4n) is 7.79. The van der Waals surface area contributed by atoms with Gasteiger partial charge in [-0.05, 0) is 98.8 Å². The van der Waals surface area contributed by atoms with Gasteiger partial charge in [-0.1, -0.05) is 158 Å². The minimum Gasteiger partial charge on any atom is -0.456 e. The van der Waals surface area contributed by atoms with Gasteiger partial charge in [0.25, 0.3) is 0 Å². The van der Waals surface area contributed by atoms with Crippen LogP contribution in [0.15, 0.2) is 217 Å². The summed E-state index contributed by atoms with van der Waals surface area (Å²) in [5, 5.41) is 4.62. The van der Waals surface area contributed by atoms with E-state index in [9.17, 15) is 0 Å². The van der Waals surface area contributed by atoms with E-state index in [2.05, 4.69) is 217 Å². The van der Waals surface area contributed by atoms with Crippen LogP contribution in [0.4, 0.5) is 17.1 Å². The molecule has 0 spiro atoms. The lowest BCUT2D eigenvalue weighted by molar-refractivity contribution is 0.669. The van der Waals surface area contributed by atoms with Crippen molar-refractivity contribution in [3.8, 4) is 44.5 Å². The summed E-state index contributed by atoms with van der Waals surface area (Å²) < 4.78 is 6.40. The van der Waals surface area contributed by atoms with Crippen LogP contribution in [0.5, 0.6) is 0 Å². The van der Waals surface area contributed by atoms with Crippen molar-refractivity contribution >= 4 is 49.8 Å². The van der Waals surface area contributed by atoms with Crippen LogP contribution in [-0.2, 0) is 0 Å². The van der Waals surface area contributed by atoms with Crippen molar-refractivity contribution in [2.45, 2.75) is 0 Å². The Morgan fingerprint density at radius 1 is 0.296 bits per heavy atom. The van der Waals surface area contributed by atoms with Crippen LogP contribution >= 0.6 is 0 Å². The van der Waals surface area contributed by atoms with Crippen LogP contribution in [0.25, 0.3) is 77.2 Å². The molecule has 10 aromatic rings. The molecule has 0 bridgehead atoms. The summed E-state index contributed by atoms with van der Waals surface area (Å²) in [7, 11) is 0. The third-order valence-corrected chi connectivity index (χ3v) is 10.5. The second kappa shape index (κ2) is 13.4. The van der Waals surface area contributed by atoms with Crippen LogP contribution in [0.1, 0.15) is 0 Å². The van der Waals surface area contributed by atoms with E-state index in [0.717, 1.165) is 55.7 Å². The molecule has 1 aromatic heterocycles. The Bertz CT molecular complexity index is 2920. The summed E-state index contributed by atoms with van der Waals surface area (Å²) in [5.74, 6) is 0. The molecule has 254 valence electrons. The lowest BCUT2D eigenvalue weighted by Crippen LogP contribution is -2.12. The van der Waals surface area contributed by atoms with E-state index in [1.165, 1.54) is 38.6 Å². The van der Waals surface area contributed by atoms with Crippen LogP contribution in [0.3, 0.4) is 0 Å². The van der Waals surface area contributed by atoms with E-state index in [0.29, 0.717) is 0 Å². The fourth-order valence-corrected chi connectivity index (χ4v) is 7.79. The summed E-state index contributed by atoms with van der Waals surface area (Å²) in [6.45, 7) is 0. The highest BCUT2D eigenvalue weighted by Crippen LogP contribution is 2.46. The Morgan fingerprint density at radius 3 is 1.48 bits per heavy atom. The van der Waals surface area contributed by atoms with Crippen molar-refractivity contribution in [2.75, 3.05) is 4.90 Å². The van der Waals surface area contributed by atoms with Crippen molar-refractivity contribution in [1.29, 1.82) is 0 Å². The Hall–Kier alpha value is -7.16. The number of benzene rings is 9.